The number of carbonyl (C=O) groups excluding carboxylic acids is 1. The standard InChI is InChI=1S/C18H20N2O4S/c1-3-9-25-18-19-15-10-12(17(22)23-2)6-7-14(15)16(21)20(18)11-13-5-4-8-24-13/h3,6-7,10,13H,1,4-5,8-9,11H2,2H3. The molecule has 0 N–H and O–H groups in total. The van der Waals surface area contributed by atoms with Gasteiger partial charge in [-0.15, -0.1) is 6.58 Å². The van der Waals surface area contributed by atoms with E-state index in [0.29, 0.717) is 33.9 Å². The Kier molecular flexibility index (Phi) is 5.55. The number of hydrogen-bond donors (Lipinski definition) is 0. The van der Waals surface area contributed by atoms with Gasteiger partial charge in [0.2, 0.25) is 0 Å². The van der Waals surface area contributed by atoms with Crippen molar-refractivity contribution in [3.8, 4) is 0 Å². The first kappa shape index (κ1) is 17.7. The molecule has 1 fully saturated rings. The zero-order valence-corrected chi connectivity index (χ0v) is 14.9. The molecule has 3 rings (SSSR count). The molecule has 1 aromatic carbocycles. The number of benzene rings is 1. The molecule has 1 saturated heterocycles. The highest BCUT2D eigenvalue weighted by atomic mass is 32.2. The maximum absolute atomic E-state index is 13.0. The van der Waals surface area contributed by atoms with Gasteiger partial charge in [0.05, 0.1) is 36.2 Å². The minimum Gasteiger partial charge on any atom is -0.465 e. The third-order valence-corrected chi connectivity index (χ3v) is 5.05. The summed E-state index contributed by atoms with van der Waals surface area (Å²) < 4.78 is 12.1. The minimum atomic E-state index is -0.451. The number of fused-ring (bicyclic) bond motifs is 1. The molecule has 1 aromatic heterocycles. The van der Waals surface area contributed by atoms with E-state index >= 15 is 0 Å². The molecule has 2 heterocycles. The maximum Gasteiger partial charge on any atom is 0.337 e. The normalized spacial score (nSPS) is 16.9. The average Bonchev–Trinajstić information content (AvgIpc) is 3.14. The van der Waals surface area contributed by atoms with Crippen molar-refractivity contribution >= 4 is 28.6 Å². The molecular formula is C18H20N2O4S. The highest BCUT2D eigenvalue weighted by Gasteiger charge is 2.20. The van der Waals surface area contributed by atoms with Crippen LogP contribution in [0.25, 0.3) is 10.9 Å². The predicted molar refractivity (Wildman–Crippen MR) is 97.2 cm³/mol. The summed E-state index contributed by atoms with van der Waals surface area (Å²) in [6.07, 6.45) is 3.76. The SMILES string of the molecule is C=CCSc1nc2cc(C(=O)OC)ccc2c(=O)n1CC1CCCO1. The summed E-state index contributed by atoms with van der Waals surface area (Å²) in [7, 11) is 1.32. The van der Waals surface area contributed by atoms with Crippen LogP contribution in [0.2, 0.25) is 0 Å². The molecule has 1 unspecified atom stereocenters. The van der Waals surface area contributed by atoms with Gasteiger partial charge in [0.15, 0.2) is 5.16 Å². The van der Waals surface area contributed by atoms with Gasteiger partial charge in [0.1, 0.15) is 0 Å². The second kappa shape index (κ2) is 7.84. The van der Waals surface area contributed by atoms with Crippen molar-refractivity contribution in [1.82, 2.24) is 9.55 Å². The number of aromatic nitrogens is 2. The Balaban J connectivity index is 2.08. The second-order valence-corrected chi connectivity index (χ2v) is 6.76. The zero-order valence-electron chi connectivity index (χ0n) is 14.1. The quantitative estimate of drug-likeness (QED) is 0.341. The Morgan fingerprint density at radius 2 is 2.40 bits per heavy atom. The molecule has 0 saturated carbocycles. The van der Waals surface area contributed by atoms with Crippen molar-refractivity contribution in [3.05, 3.63) is 46.8 Å². The van der Waals surface area contributed by atoms with E-state index in [-0.39, 0.29) is 11.7 Å². The van der Waals surface area contributed by atoms with E-state index in [0.717, 1.165) is 19.4 Å². The third-order valence-electron chi connectivity index (χ3n) is 4.08. The molecule has 25 heavy (non-hydrogen) atoms. The van der Waals surface area contributed by atoms with Crippen LogP contribution >= 0.6 is 11.8 Å². The smallest absolute Gasteiger partial charge is 0.337 e. The highest BCUT2D eigenvalue weighted by Crippen LogP contribution is 2.21. The van der Waals surface area contributed by atoms with Gasteiger partial charge in [-0.25, -0.2) is 9.78 Å². The number of ether oxygens (including phenoxy) is 2. The summed E-state index contributed by atoms with van der Waals surface area (Å²) in [6, 6.07) is 4.81. The lowest BCUT2D eigenvalue weighted by Crippen LogP contribution is -2.29. The molecule has 1 atom stereocenters. The molecule has 132 valence electrons. The van der Waals surface area contributed by atoms with Gasteiger partial charge in [-0.1, -0.05) is 17.8 Å². The molecule has 0 spiro atoms. The topological polar surface area (TPSA) is 70.4 Å². The summed E-state index contributed by atoms with van der Waals surface area (Å²) in [5.74, 6) is 0.188. The molecule has 0 radical (unpaired) electrons. The van der Waals surface area contributed by atoms with Crippen molar-refractivity contribution in [1.29, 1.82) is 0 Å². The van der Waals surface area contributed by atoms with Gasteiger partial charge in [-0.3, -0.25) is 9.36 Å². The van der Waals surface area contributed by atoms with Crippen LogP contribution in [0.15, 0.2) is 40.8 Å². The Morgan fingerprint density at radius 3 is 3.08 bits per heavy atom. The Hall–Kier alpha value is -2.12. The van der Waals surface area contributed by atoms with E-state index in [1.807, 2.05) is 0 Å². The van der Waals surface area contributed by atoms with Crippen molar-refractivity contribution in [2.24, 2.45) is 0 Å². The number of esters is 1. The molecule has 1 aliphatic heterocycles. The van der Waals surface area contributed by atoms with Crippen molar-refractivity contribution in [2.75, 3.05) is 19.5 Å². The number of thioether (sulfide) groups is 1. The molecular weight excluding hydrogens is 340 g/mol. The van der Waals surface area contributed by atoms with E-state index < -0.39 is 5.97 Å². The Labute approximate surface area is 149 Å². The number of methoxy groups -OCH3 is 1. The lowest BCUT2D eigenvalue weighted by atomic mass is 10.1. The van der Waals surface area contributed by atoms with Gasteiger partial charge >= 0.3 is 5.97 Å². The lowest BCUT2D eigenvalue weighted by Gasteiger charge is -2.16. The van der Waals surface area contributed by atoms with Crippen LogP contribution in [0.3, 0.4) is 0 Å². The fraction of sp³-hybridized carbons (Fsp3) is 0.389. The first-order chi connectivity index (χ1) is 12.1. The maximum atomic E-state index is 13.0. The van der Waals surface area contributed by atoms with Crippen molar-refractivity contribution < 1.29 is 14.3 Å². The lowest BCUT2D eigenvalue weighted by molar-refractivity contribution is 0.0601. The van der Waals surface area contributed by atoms with Crippen LogP contribution in [0.4, 0.5) is 0 Å². The molecule has 2 aromatic rings. The number of nitrogens with zero attached hydrogens (tertiary/aromatic N) is 2. The minimum absolute atomic E-state index is 0.0365. The fourth-order valence-corrected chi connectivity index (χ4v) is 3.59. The first-order valence-corrected chi connectivity index (χ1v) is 9.11. The summed E-state index contributed by atoms with van der Waals surface area (Å²) in [5.41, 5.74) is 0.741. The molecule has 6 nitrogen and oxygen atoms in total. The van der Waals surface area contributed by atoms with E-state index in [1.54, 1.807) is 28.8 Å². The van der Waals surface area contributed by atoms with Gasteiger partial charge in [-0.2, -0.15) is 0 Å². The first-order valence-electron chi connectivity index (χ1n) is 8.12. The zero-order chi connectivity index (χ0) is 17.8. The van der Waals surface area contributed by atoms with Crippen molar-refractivity contribution in [3.63, 3.8) is 0 Å². The Bertz CT molecular complexity index is 856. The van der Waals surface area contributed by atoms with Gasteiger partial charge < -0.3 is 9.47 Å². The predicted octanol–water partition coefficient (Wildman–Crippen LogP) is 2.64. The summed E-state index contributed by atoms with van der Waals surface area (Å²) in [5, 5.41) is 1.09. The van der Waals surface area contributed by atoms with Gasteiger partial charge in [0, 0.05) is 12.4 Å². The summed E-state index contributed by atoms with van der Waals surface area (Å²) in [6.45, 7) is 4.94. The van der Waals surface area contributed by atoms with Crippen LogP contribution in [0.5, 0.6) is 0 Å². The van der Waals surface area contributed by atoms with Crippen LogP contribution in [0, 0.1) is 0 Å². The van der Waals surface area contributed by atoms with Crippen LogP contribution in [0.1, 0.15) is 23.2 Å². The van der Waals surface area contributed by atoms with Crippen LogP contribution < -0.4 is 5.56 Å². The molecule has 0 bridgehead atoms. The second-order valence-electron chi connectivity index (χ2n) is 5.77. The highest BCUT2D eigenvalue weighted by molar-refractivity contribution is 7.99. The van der Waals surface area contributed by atoms with Crippen molar-refractivity contribution in [2.45, 2.75) is 30.6 Å². The fourth-order valence-electron chi connectivity index (χ4n) is 2.84. The monoisotopic (exact) mass is 360 g/mol. The van der Waals surface area contributed by atoms with E-state index in [2.05, 4.69) is 11.6 Å². The largest absolute Gasteiger partial charge is 0.465 e. The molecule has 7 heteroatoms. The van der Waals surface area contributed by atoms with E-state index in [4.69, 9.17) is 9.47 Å². The molecule has 0 amide bonds. The number of rotatable bonds is 6. The van der Waals surface area contributed by atoms with E-state index in [1.165, 1.54) is 18.9 Å². The third kappa shape index (κ3) is 3.77. The van der Waals surface area contributed by atoms with Gasteiger partial charge in [-0.05, 0) is 31.0 Å². The van der Waals surface area contributed by atoms with Gasteiger partial charge in [0.25, 0.3) is 5.56 Å². The average molecular weight is 360 g/mol. The molecule has 1 aliphatic rings. The summed E-state index contributed by atoms with van der Waals surface area (Å²) >= 11 is 1.44. The van der Waals surface area contributed by atoms with Crippen LogP contribution in [-0.2, 0) is 16.0 Å². The van der Waals surface area contributed by atoms with E-state index in [9.17, 15) is 9.59 Å². The number of carbonyl (C=O) groups is 1. The number of hydrogen-bond acceptors (Lipinski definition) is 6. The Morgan fingerprint density at radius 1 is 1.56 bits per heavy atom. The molecule has 0 aliphatic carbocycles. The summed E-state index contributed by atoms with van der Waals surface area (Å²) in [4.78, 5) is 29.3. The van der Waals surface area contributed by atoms with Crippen LogP contribution in [-0.4, -0.2) is 41.1 Å².